The molecular formula is C28H22O6. The molecule has 6 heteroatoms. The number of hydrogen-bond acceptors (Lipinski definition) is 6. The third-order valence-electron chi connectivity index (χ3n) is 5.96. The minimum absolute atomic E-state index is 0.0442. The molecule has 0 bridgehead atoms. The molecule has 0 aromatic heterocycles. The van der Waals surface area contributed by atoms with E-state index in [2.05, 4.69) is 0 Å². The molecule has 5 N–H and O–H groups in total. The number of phenolic OH excluding ortho intramolecular Hbond substituents is 5. The molecule has 34 heavy (non-hydrogen) atoms. The van der Waals surface area contributed by atoms with Crippen molar-refractivity contribution in [2.24, 2.45) is 0 Å². The van der Waals surface area contributed by atoms with E-state index in [0.29, 0.717) is 5.75 Å². The number of hydrogen-bond donors (Lipinski definition) is 5. The summed E-state index contributed by atoms with van der Waals surface area (Å²) in [6.45, 7) is 0. The summed E-state index contributed by atoms with van der Waals surface area (Å²) < 4.78 is 6.31. The summed E-state index contributed by atoms with van der Waals surface area (Å²) >= 11 is 0. The lowest BCUT2D eigenvalue weighted by atomic mass is 9.82. The number of phenols is 5. The van der Waals surface area contributed by atoms with Crippen LogP contribution in [0.2, 0.25) is 0 Å². The fraction of sp³-hybridized carbons (Fsp3) is 0.0714. The summed E-state index contributed by atoms with van der Waals surface area (Å²) in [4.78, 5) is 0. The minimum Gasteiger partial charge on any atom is -0.508 e. The zero-order chi connectivity index (χ0) is 23.8. The zero-order valence-corrected chi connectivity index (χ0v) is 18.0. The summed E-state index contributed by atoms with van der Waals surface area (Å²) in [6, 6.07) is 21.3. The van der Waals surface area contributed by atoms with E-state index in [1.54, 1.807) is 66.7 Å². The first-order valence-electron chi connectivity index (χ1n) is 10.7. The monoisotopic (exact) mass is 454 g/mol. The van der Waals surface area contributed by atoms with Crippen molar-refractivity contribution in [1.82, 2.24) is 0 Å². The summed E-state index contributed by atoms with van der Waals surface area (Å²) in [6.07, 6.45) is 3.23. The molecule has 1 aliphatic heterocycles. The van der Waals surface area contributed by atoms with Crippen LogP contribution in [0.25, 0.3) is 12.2 Å². The smallest absolute Gasteiger partial charge is 0.157 e. The van der Waals surface area contributed by atoms with Crippen LogP contribution < -0.4 is 4.74 Å². The Kier molecular flexibility index (Phi) is 5.26. The lowest BCUT2D eigenvalue weighted by Crippen LogP contribution is -2.11. The van der Waals surface area contributed by atoms with E-state index >= 15 is 0 Å². The molecule has 0 fully saturated rings. The largest absolute Gasteiger partial charge is 0.508 e. The Bertz CT molecular complexity index is 1370. The third kappa shape index (κ3) is 3.97. The normalized spacial score (nSPS) is 16.9. The number of aromatic hydroxyl groups is 5. The van der Waals surface area contributed by atoms with Gasteiger partial charge in [0.05, 0.1) is 5.92 Å². The third-order valence-corrected chi connectivity index (χ3v) is 5.96. The van der Waals surface area contributed by atoms with Gasteiger partial charge in [0.25, 0.3) is 0 Å². The second kappa shape index (κ2) is 8.41. The lowest BCUT2D eigenvalue weighted by Gasteiger charge is -2.21. The minimum atomic E-state index is -0.498. The summed E-state index contributed by atoms with van der Waals surface area (Å²) in [5.74, 6) is 0.0217. The Morgan fingerprint density at radius 1 is 0.588 bits per heavy atom. The van der Waals surface area contributed by atoms with Gasteiger partial charge in [-0.25, -0.2) is 0 Å². The first-order chi connectivity index (χ1) is 16.4. The van der Waals surface area contributed by atoms with Gasteiger partial charge in [-0.05, 0) is 64.7 Å². The van der Waals surface area contributed by atoms with Crippen molar-refractivity contribution in [3.63, 3.8) is 0 Å². The quantitative estimate of drug-likeness (QED) is 0.201. The van der Waals surface area contributed by atoms with Crippen LogP contribution >= 0.6 is 0 Å². The topological polar surface area (TPSA) is 110 Å². The Morgan fingerprint density at radius 3 is 1.91 bits per heavy atom. The molecule has 0 saturated heterocycles. The van der Waals surface area contributed by atoms with E-state index in [4.69, 9.17) is 4.74 Å². The molecule has 0 amide bonds. The van der Waals surface area contributed by atoms with Crippen molar-refractivity contribution in [2.45, 2.75) is 12.0 Å². The predicted octanol–water partition coefficient (Wildman–Crippen LogP) is 5.65. The Balaban J connectivity index is 1.66. The van der Waals surface area contributed by atoms with Crippen molar-refractivity contribution < 1.29 is 30.3 Å². The van der Waals surface area contributed by atoms with Crippen LogP contribution in [0.1, 0.15) is 39.8 Å². The van der Waals surface area contributed by atoms with Gasteiger partial charge < -0.3 is 30.3 Å². The average Bonchev–Trinajstić information content (AvgIpc) is 3.20. The van der Waals surface area contributed by atoms with Gasteiger partial charge in [-0.3, -0.25) is 0 Å². The molecular weight excluding hydrogens is 432 g/mol. The van der Waals surface area contributed by atoms with E-state index in [1.807, 2.05) is 12.2 Å². The molecule has 0 aliphatic carbocycles. The first-order valence-corrected chi connectivity index (χ1v) is 10.7. The molecule has 0 radical (unpaired) electrons. The van der Waals surface area contributed by atoms with Gasteiger partial charge >= 0.3 is 0 Å². The van der Waals surface area contributed by atoms with E-state index < -0.39 is 6.10 Å². The second-order valence-corrected chi connectivity index (χ2v) is 8.23. The van der Waals surface area contributed by atoms with Gasteiger partial charge in [0, 0.05) is 11.6 Å². The summed E-state index contributed by atoms with van der Waals surface area (Å²) in [5.41, 5.74) is 3.93. The first kappa shape index (κ1) is 21.3. The van der Waals surface area contributed by atoms with Gasteiger partial charge in [0.2, 0.25) is 0 Å². The molecule has 6 nitrogen and oxygen atoms in total. The summed E-state index contributed by atoms with van der Waals surface area (Å²) in [5, 5.41) is 49.7. The van der Waals surface area contributed by atoms with Gasteiger partial charge in [-0.2, -0.15) is 0 Å². The number of rotatable bonds is 4. The van der Waals surface area contributed by atoms with Crippen LogP contribution in [0.15, 0.2) is 78.9 Å². The molecule has 4 aromatic carbocycles. The predicted molar refractivity (Wildman–Crippen MR) is 128 cm³/mol. The van der Waals surface area contributed by atoms with E-state index in [1.165, 1.54) is 12.1 Å². The van der Waals surface area contributed by atoms with Gasteiger partial charge in [-0.15, -0.1) is 0 Å². The number of ether oxygens (including phenoxy) is 1. The van der Waals surface area contributed by atoms with Crippen molar-refractivity contribution in [3.05, 3.63) is 107 Å². The molecule has 0 spiro atoms. The van der Waals surface area contributed by atoms with Crippen LogP contribution in [0.4, 0.5) is 0 Å². The highest BCUT2D eigenvalue weighted by molar-refractivity contribution is 5.75. The van der Waals surface area contributed by atoms with Gasteiger partial charge in [0.15, 0.2) is 11.5 Å². The lowest BCUT2D eigenvalue weighted by molar-refractivity contribution is 0.221. The van der Waals surface area contributed by atoms with Crippen LogP contribution in [-0.4, -0.2) is 25.5 Å². The average molecular weight is 454 g/mol. The van der Waals surface area contributed by atoms with Crippen molar-refractivity contribution in [1.29, 1.82) is 0 Å². The van der Waals surface area contributed by atoms with E-state index in [0.717, 1.165) is 27.8 Å². The molecule has 2 atom stereocenters. The highest BCUT2D eigenvalue weighted by atomic mass is 16.5. The van der Waals surface area contributed by atoms with Crippen LogP contribution in [0, 0.1) is 0 Å². The molecule has 0 saturated carbocycles. The molecule has 1 aliphatic rings. The summed E-state index contributed by atoms with van der Waals surface area (Å²) in [7, 11) is 0. The Labute approximate surface area is 195 Å². The molecule has 5 rings (SSSR count). The highest BCUT2D eigenvalue weighted by Gasteiger charge is 2.39. The maximum absolute atomic E-state index is 10.4. The fourth-order valence-corrected chi connectivity index (χ4v) is 4.33. The Hall–Kier alpha value is -4.58. The standard InChI is InChI=1S/C28H22O6/c29-20-8-2-16(3-9-20)1-4-18-13-22(31)15-25-26(18)27(19-7-12-23(32)24(33)14-19)28(34-25)17-5-10-21(30)11-6-17/h1-15,27-33H/t27-,28+/m1/s1. The highest BCUT2D eigenvalue weighted by Crippen LogP contribution is 2.53. The zero-order valence-electron chi connectivity index (χ0n) is 18.0. The number of benzene rings is 4. The van der Waals surface area contributed by atoms with Crippen LogP contribution in [-0.2, 0) is 0 Å². The van der Waals surface area contributed by atoms with Gasteiger partial charge in [-0.1, -0.05) is 42.5 Å². The molecule has 170 valence electrons. The van der Waals surface area contributed by atoms with Crippen molar-refractivity contribution in [3.8, 4) is 34.5 Å². The van der Waals surface area contributed by atoms with Crippen LogP contribution in [0.3, 0.4) is 0 Å². The Morgan fingerprint density at radius 2 is 1.24 bits per heavy atom. The number of fused-ring (bicyclic) bond motifs is 1. The van der Waals surface area contributed by atoms with E-state index in [9.17, 15) is 25.5 Å². The van der Waals surface area contributed by atoms with Crippen LogP contribution in [0.5, 0.6) is 34.5 Å². The molecule has 1 heterocycles. The SMILES string of the molecule is Oc1ccc(C=Cc2cc(O)cc3c2[C@@H](c2ccc(O)c(O)c2)[C@H](c2ccc(O)cc2)O3)cc1. The fourth-order valence-electron chi connectivity index (χ4n) is 4.33. The molecule has 0 unspecified atom stereocenters. The maximum atomic E-state index is 10.4. The molecule has 4 aromatic rings. The van der Waals surface area contributed by atoms with E-state index in [-0.39, 0.29) is 34.7 Å². The second-order valence-electron chi connectivity index (χ2n) is 8.23. The van der Waals surface area contributed by atoms with Gasteiger partial charge in [0.1, 0.15) is 29.1 Å². The van der Waals surface area contributed by atoms with Crippen molar-refractivity contribution in [2.75, 3.05) is 0 Å². The maximum Gasteiger partial charge on any atom is 0.157 e. The van der Waals surface area contributed by atoms with Crippen molar-refractivity contribution >= 4 is 12.2 Å².